The van der Waals surface area contributed by atoms with Gasteiger partial charge in [-0.15, -0.1) is 22.7 Å². The summed E-state index contributed by atoms with van der Waals surface area (Å²) >= 11 is 3.28. The Labute approximate surface area is 253 Å². The molecule has 2 amide bonds. The van der Waals surface area contributed by atoms with Gasteiger partial charge in [-0.1, -0.05) is 62.8 Å². The summed E-state index contributed by atoms with van der Waals surface area (Å²) in [5.41, 5.74) is 5.55. The lowest BCUT2D eigenvalue weighted by Crippen LogP contribution is -2.24. The first-order valence-electron chi connectivity index (χ1n) is 15.1. The molecule has 2 saturated carbocycles. The highest BCUT2D eigenvalue weighted by Gasteiger charge is 2.22. The van der Waals surface area contributed by atoms with Gasteiger partial charge in [-0.05, 0) is 62.1 Å². The summed E-state index contributed by atoms with van der Waals surface area (Å²) in [6.45, 7) is 0. The molecule has 0 atom stereocenters. The minimum absolute atomic E-state index is 0.123. The first kappa shape index (κ1) is 27.2. The van der Waals surface area contributed by atoms with Crippen LogP contribution in [0.4, 0.5) is 11.4 Å². The van der Waals surface area contributed by atoms with Gasteiger partial charge in [0.1, 0.15) is 10.0 Å². The molecule has 42 heavy (non-hydrogen) atoms. The number of carbonyl (C=O) groups excluding carboxylic acids is 2. The highest BCUT2D eigenvalue weighted by atomic mass is 32.1. The lowest BCUT2D eigenvalue weighted by Gasteiger charge is -2.20. The summed E-state index contributed by atoms with van der Waals surface area (Å²) < 4.78 is 2.17. The maximum atomic E-state index is 12.8. The normalized spacial score (nSPS) is 16.6. The molecule has 6 nitrogen and oxygen atoms in total. The summed E-state index contributed by atoms with van der Waals surface area (Å²) in [7, 11) is 0. The highest BCUT2D eigenvalue weighted by Crippen LogP contribution is 2.38. The zero-order chi connectivity index (χ0) is 28.5. The molecular weight excluding hydrogens is 561 g/mol. The van der Waals surface area contributed by atoms with Gasteiger partial charge < -0.3 is 10.6 Å². The van der Waals surface area contributed by atoms with Crippen molar-refractivity contribution in [2.75, 3.05) is 10.6 Å². The fraction of sp³-hybridized carbons (Fsp3) is 0.353. The van der Waals surface area contributed by atoms with Crippen LogP contribution in [0.1, 0.15) is 64.2 Å². The molecule has 0 unspecified atom stereocenters. The molecule has 2 heterocycles. The number of thiazole rings is 2. The topological polar surface area (TPSA) is 84.0 Å². The second kappa shape index (κ2) is 11.9. The van der Waals surface area contributed by atoms with Crippen LogP contribution in [-0.2, 0) is 9.59 Å². The number of aromatic nitrogens is 2. The van der Waals surface area contributed by atoms with Gasteiger partial charge in [0.05, 0.1) is 20.4 Å². The molecule has 2 fully saturated rings. The third-order valence-corrected chi connectivity index (χ3v) is 10.7. The molecule has 0 bridgehead atoms. The quantitative estimate of drug-likeness (QED) is 0.205. The largest absolute Gasteiger partial charge is 0.326 e. The van der Waals surface area contributed by atoms with E-state index in [2.05, 4.69) is 22.8 Å². The number of rotatable bonds is 6. The van der Waals surface area contributed by atoms with Crippen molar-refractivity contribution in [3.63, 3.8) is 0 Å². The van der Waals surface area contributed by atoms with Crippen molar-refractivity contribution >= 4 is 66.3 Å². The SMILES string of the molecule is O=C(Nc1cccc(-c2nc3cc4sc(-c5cccc(NC(=O)C6CCCCC6)c5)nc4cc3s2)c1)C1CCCCC1. The third-order valence-electron chi connectivity index (χ3n) is 8.60. The van der Waals surface area contributed by atoms with E-state index >= 15 is 0 Å². The summed E-state index contributed by atoms with van der Waals surface area (Å²) in [6, 6.07) is 20.3. The molecule has 2 aliphatic rings. The summed E-state index contributed by atoms with van der Waals surface area (Å²) in [5, 5.41) is 8.13. The van der Waals surface area contributed by atoms with Crippen molar-refractivity contribution in [2.45, 2.75) is 64.2 Å². The average Bonchev–Trinajstić information content (AvgIpc) is 3.64. The molecule has 214 valence electrons. The van der Waals surface area contributed by atoms with Crippen molar-refractivity contribution in [1.29, 1.82) is 0 Å². The van der Waals surface area contributed by atoms with Gasteiger partial charge in [-0.25, -0.2) is 9.97 Å². The van der Waals surface area contributed by atoms with E-state index in [0.717, 1.165) is 104 Å². The highest BCUT2D eigenvalue weighted by molar-refractivity contribution is 7.23. The lowest BCUT2D eigenvalue weighted by molar-refractivity contribution is -0.121. The minimum Gasteiger partial charge on any atom is -0.326 e. The molecule has 8 heteroatoms. The number of nitrogens with one attached hydrogen (secondary N) is 2. The lowest BCUT2D eigenvalue weighted by atomic mass is 9.88. The van der Waals surface area contributed by atoms with Crippen LogP contribution in [-0.4, -0.2) is 21.8 Å². The smallest absolute Gasteiger partial charge is 0.227 e. The van der Waals surface area contributed by atoms with E-state index in [4.69, 9.17) is 9.97 Å². The molecular formula is C34H34N4O2S2. The maximum Gasteiger partial charge on any atom is 0.227 e. The molecule has 0 saturated heterocycles. The molecule has 0 spiro atoms. The first-order chi connectivity index (χ1) is 20.6. The summed E-state index contributed by atoms with van der Waals surface area (Å²) in [5.74, 6) is 0.516. The van der Waals surface area contributed by atoms with Crippen LogP contribution >= 0.6 is 22.7 Å². The Morgan fingerprint density at radius 3 is 1.45 bits per heavy atom. The Hall–Kier alpha value is -3.62. The second-order valence-electron chi connectivity index (χ2n) is 11.6. The van der Waals surface area contributed by atoms with E-state index in [1.807, 2.05) is 48.5 Å². The van der Waals surface area contributed by atoms with Gasteiger partial charge >= 0.3 is 0 Å². The second-order valence-corrected chi connectivity index (χ2v) is 13.7. The van der Waals surface area contributed by atoms with Gasteiger partial charge in [0.15, 0.2) is 0 Å². The Kier molecular flexibility index (Phi) is 7.74. The van der Waals surface area contributed by atoms with Crippen LogP contribution < -0.4 is 10.6 Å². The zero-order valence-electron chi connectivity index (χ0n) is 23.5. The number of nitrogens with zero attached hydrogens (tertiary/aromatic N) is 2. The van der Waals surface area contributed by atoms with Crippen LogP contribution in [0.15, 0.2) is 60.7 Å². The van der Waals surface area contributed by atoms with Crippen molar-refractivity contribution in [2.24, 2.45) is 11.8 Å². The Bertz CT molecular complexity index is 1590. The van der Waals surface area contributed by atoms with Gasteiger partial charge in [-0.3, -0.25) is 9.59 Å². The van der Waals surface area contributed by atoms with Crippen LogP contribution in [0.2, 0.25) is 0 Å². The van der Waals surface area contributed by atoms with Gasteiger partial charge in [0, 0.05) is 34.3 Å². The number of amides is 2. The summed E-state index contributed by atoms with van der Waals surface area (Å²) in [6.07, 6.45) is 11.0. The van der Waals surface area contributed by atoms with Crippen LogP contribution in [0.3, 0.4) is 0 Å². The minimum atomic E-state index is 0.123. The van der Waals surface area contributed by atoms with Crippen LogP contribution in [0.5, 0.6) is 0 Å². The van der Waals surface area contributed by atoms with Crippen LogP contribution in [0.25, 0.3) is 41.6 Å². The van der Waals surface area contributed by atoms with Gasteiger partial charge in [0.25, 0.3) is 0 Å². The molecule has 5 aromatic rings. The third kappa shape index (κ3) is 5.83. The van der Waals surface area contributed by atoms with E-state index in [-0.39, 0.29) is 23.7 Å². The standard InChI is InChI=1S/C34H34N4O2S2/c39-31(21-9-3-1-4-10-21)35-25-15-7-13-23(17-25)33-37-27-19-30-28(20-29(27)41-33)38-34(42-30)24-14-8-16-26(18-24)36-32(40)22-11-5-2-6-12-22/h7-8,13-22H,1-6,9-12H2,(H,35,39)(H,36,40). The van der Waals surface area contributed by atoms with E-state index < -0.39 is 0 Å². The Morgan fingerprint density at radius 2 is 1.02 bits per heavy atom. The number of benzene rings is 3. The summed E-state index contributed by atoms with van der Waals surface area (Å²) in [4.78, 5) is 35.5. The Balaban J connectivity index is 1.09. The Morgan fingerprint density at radius 1 is 0.595 bits per heavy atom. The molecule has 3 aromatic carbocycles. The van der Waals surface area contributed by atoms with E-state index in [1.165, 1.54) is 12.8 Å². The van der Waals surface area contributed by atoms with E-state index in [9.17, 15) is 9.59 Å². The number of fused-ring (bicyclic) bond motifs is 2. The number of hydrogen-bond acceptors (Lipinski definition) is 6. The van der Waals surface area contributed by atoms with E-state index in [1.54, 1.807) is 22.7 Å². The molecule has 2 N–H and O–H groups in total. The number of anilines is 2. The molecule has 2 aliphatic carbocycles. The molecule has 0 aliphatic heterocycles. The number of hydrogen-bond donors (Lipinski definition) is 2. The maximum absolute atomic E-state index is 12.8. The van der Waals surface area contributed by atoms with Crippen molar-refractivity contribution in [1.82, 2.24) is 9.97 Å². The van der Waals surface area contributed by atoms with E-state index in [0.29, 0.717) is 0 Å². The van der Waals surface area contributed by atoms with Crippen molar-refractivity contribution in [3.8, 4) is 21.1 Å². The van der Waals surface area contributed by atoms with Crippen LogP contribution in [0, 0.1) is 11.8 Å². The zero-order valence-corrected chi connectivity index (χ0v) is 25.2. The first-order valence-corrected chi connectivity index (χ1v) is 16.8. The molecule has 2 aromatic heterocycles. The monoisotopic (exact) mass is 594 g/mol. The fourth-order valence-corrected chi connectivity index (χ4v) is 8.23. The predicted molar refractivity (Wildman–Crippen MR) is 174 cm³/mol. The van der Waals surface area contributed by atoms with Gasteiger partial charge in [-0.2, -0.15) is 0 Å². The van der Waals surface area contributed by atoms with Gasteiger partial charge in [0.2, 0.25) is 11.8 Å². The van der Waals surface area contributed by atoms with Crippen molar-refractivity contribution < 1.29 is 9.59 Å². The predicted octanol–water partition coefficient (Wildman–Crippen LogP) is 9.28. The molecule has 7 rings (SSSR count). The van der Waals surface area contributed by atoms with Crippen molar-refractivity contribution in [3.05, 3.63) is 60.7 Å². The number of carbonyl (C=O) groups is 2. The fourth-order valence-electron chi connectivity index (χ4n) is 6.27. The molecule has 0 radical (unpaired) electrons. The average molecular weight is 595 g/mol.